The Balaban J connectivity index is 0.00000264. The Morgan fingerprint density at radius 3 is 2.87 bits per heavy atom. The van der Waals surface area contributed by atoms with Crippen molar-refractivity contribution in [3.8, 4) is 0 Å². The van der Waals surface area contributed by atoms with Crippen LogP contribution in [0.5, 0.6) is 0 Å². The fraction of sp³-hybridized carbons (Fsp3) is 0.611. The van der Waals surface area contributed by atoms with Gasteiger partial charge in [0.25, 0.3) is 0 Å². The van der Waals surface area contributed by atoms with E-state index in [2.05, 4.69) is 43.5 Å². The van der Waals surface area contributed by atoms with E-state index in [-0.39, 0.29) is 18.3 Å². The van der Waals surface area contributed by atoms with Crippen LogP contribution < -0.4 is 10.6 Å². The third-order valence-corrected chi connectivity index (χ3v) is 5.59. The van der Waals surface area contributed by atoms with Crippen LogP contribution in [0.3, 0.4) is 0 Å². The minimum Gasteiger partial charge on any atom is -0.326 e. The lowest BCUT2D eigenvalue weighted by molar-refractivity contribution is -0.116. The van der Waals surface area contributed by atoms with E-state index in [1.165, 1.54) is 11.3 Å². The van der Waals surface area contributed by atoms with Crippen molar-refractivity contribution < 1.29 is 4.79 Å². The molecule has 1 heterocycles. The van der Waals surface area contributed by atoms with Gasteiger partial charge in [-0.15, -0.1) is 24.2 Å². The summed E-state index contributed by atoms with van der Waals surface area (Å²) in [6, 6.07) is 6.32. The van der Waals surface area contributed by atoms with Gasteiger partial charge in [-0.05, 0) is 69.0 Å². The zero-order valence-corrected chi connectivity index (χ0v) is 16.0. The molecule has 0 saturated carbocycles. The van der Waals surface area contributed by atoms with Crippen LogP contribution in [-0.2, 0) is 4.79 Å². The van der Waals surface area contributed by atoms with Crippen LogP contribution >= 0.6 is 24.2 Å². The summed E-state index contributed by atoms with van der Waals surface area (Å²) in [5.74, 6) is 0.804. The molecule has 0 spiro atoms. The van der Waals surface area contributed by atoms with E-state index in [1.807, 2.05) is 17.8 Å². The highest BCUT2D eigenvalue weighted by Crippen LogP contribution is 2.28. The summed E-state index contributed by atoms with van der Waals surface area (Å²) in [5, 5.41) is 7.03. The molecule has 2 N–H and O–H groups in total. The van der Waals surface area contributed by atoms with Crippen LogP contribution in [0.1, 0.15) is 45.1 Å². The van der Waals surface area contributed by atoms with Crippen molar-refractivity contribution in [3.63, 3.8) is 0 Å². The lowest BCUT2D eigenvalue weighted by Crippen LogP contribution is -2.15. The van der Waals surface area contributed by atoms with Gasteiger partial charge >= 0.3 is 0 Å². The first-order valence-electron chi connectivity index (χ1n) is 8.36. The summed E-state index contributed by atoms with van der Waals surface area (Å²) in [4.78, 5) is 13.4. The van der Waals surface area contributed by atoms with Gasteiger partial charge in [0, 0.05) is 22.3 Å². The molecule has 0 aromatic heterocycles. The lowest BCUT2D eigenvalue weighted by Gasteiger charge is -2.13. The molecule has 3 nitrogen and oxygen atoms in total. The van der Waals surface area contributed by atoms with E-state index >= 15 is 0 Å². The molecule has 23 heavy (non-hydrogen) atoms. The third-order valence-electron chi connectivity index (χ3n) is 4.33. The van der Waals surface area contributed by atoms with Gasteiger partial charge in [0.15, 0.2) is 0 Å². The Hall–Kier alpha value is -0.710. The van der Waals surface area contributed by atoms with Crippen molar-refractivity contribution >= 4 is 35.8 Å². The number of benzene rings is 1. The Morgan fingerprint density at radius 1 is 1.48 bits per heavy atom. The number of halogens is 1. The van der Waals surface area contributed by atoms with Gasteiger partial charge in [-0.1, -0.05) is 13.8 Å². The molecule has 2 rings (SSSR count). The van der Waals surface area contributed by atoms with E-state index in [1.54, 1.807) is 0 Å². The molecule has 1 aromatic carbocycles. The minimum absolute atomic E-state index is 0. The molecule has 0 radical (unpaired) electrons. The van der Waals surface area contributed by atoms with E-state index in [4.69, 9.17) is 0 Å². The van der Waals surface area contributed by atoms with Gasteiger partial charge in [0.2, 0.25) is 5.91 Å². The Kier molecular flexibility index (Phi) is 9.03. The number of aryl methyl sites for hydroxylation is 1. The first kappa shape index (κ1) is 20.3. The summed E-state index contributed by atoms with van der Waals surface area (Å²) in [5.41, 5.74) is 2.09. The predicted molar refractivity (Wildman–Crippen MR) is 103 cm³/mol. The molecule has 0 aliphatic carbocycles. The highest BCUT2D eigenvalue weighted by molar-refractivity contribution is 7.99. The number of thioether (sulfide) groups is 1. The maximum Gasteiger partial charge on any atom is 0.224 e. The molecule has 1 aliphatic rings. The summed E-state index contributed by atoms with van der Waals surface area (Å²) in [7, 11) is 0. The molecule has 1 saturated heterocycles. The first-order chi connectivity index (χ1) is 10.6. The number of carbonyl (C=O) groups excluding carboxylic acids is 1. The fourth-order valence-corrected chi connectivity index (χ4v) is 3.70. The van der Waals surface area contributed by atoms with Gasteiger partial charge in [0.1, 0.15) is 0 Å². The monoisotopic (exact) mass is 356 g/mol. The number of rotatable bonds is 7. The van der Waals surface area contributed by atoms with Crippen molar-refractivity contribution in [3.05, 3.63) is 23.8 Å². The summed E-state index contributed by atoms with van der Waals surface area (Å²) < 4.78 is 0. The van der Waals surface area contributed by atoms with Crippen LogP contribution in [0.2, 0.25) is 0 Å². The zero-order chi connectivity index (χ0) is 15.9. The molecular formula is C18H29ClN2OS. The fourth-order valence-electron chi connectivity index (χ4n) is 2.67. The molecule has 130 valence electrons. The highest BCUT2D eigenvalue weighted by atomic mass is 35.5. The van der Waals surface area contributed by atoms with Gasteiger partial charge in [-0.3, -0.25) is 4.79 Å². The van der Waals surface area contributed by atoms with Gasteiger partial charge < -0.3 is 10.6 Å². The number of nitrogens with one attached hydrogen (secondary N) is 2. The van der Waals surface area contributed by atoms with Gasteiger partial charge in [-0.2, -0.15) is 0 Å². The second-order valence-electron chi connectivity index (χ2n) is 6.26. The molecule has 1 aromatic rings. The molecule has 1 aliphatic heterocycles. The molecule has 2 atom stereocenters. The van der Waals surface area contributed by atoms with Crippen LogP contribution in [-0.4, -0.2) is 24.2 Å². The second kappa shape index (κ2) is 10.2. The number of amides is 1. The number of carbonyl (C=O) groups is 1. The van der Waals surface area contributed by atoms with E-state index in [9.17, 15) is 4.79 Å². The summed E-state index contributed by atoms with van der Waals surface area (Å²) in [6.07, 6.45) is 3.97. The first-order valence-corrected chi connectivity index (χ1v) is 9.24. The summed E-state index contributed by atoms with van der Waals surface area (Å²) in [6.45, 7) is 8.68. The highest BCUT2D eigenvalue weighted by Gasteiger charge is 2.16. The maximum absolute atomic E-state index is 12.1. The zero-order valence-electron chi connectivity index (χ0n) is 14.4. The van der Waals surface area contributed by atoms with Crippen LogP contribution in [0.25, 0.3) is 0 Å². The van der Waals surface area contributed by atoms with Crippen molar-refractivity contribution in [2.24, 2.45) is 5.92 Å². The SMILES string of the molecule is CCC(C)Sc1ccc(NC(=O)CCC2CCNC2)c(C)c1.Cl. The lowest BCUT2D eigenvalue weighted by atomic mass is 10.0. The van der Waals surface area contributed by atoms with Crippen LogP contribution in [0.15, 0.2) is 23.1 Å². The Bertz CT molecular complexity index is 504. The van der Waals surface area contributed by atoms with Gasteiger partial charge in [0.05, 0.1) is 0 Å². The number of anilines is 1. The summed E-state index contributed by atoms with van der Waals surface area (Å²) >= 11 is 1.89. The molecule has 1 fully saturated rings. The van der Waals surface area contributed by atoms with Crippen molar-refractivity contribution in [1.29, 1.82) is 0 Å². The molecule has 0 bridgehead atoms. The predicted octanol–water partition coefficient (Wildman–Crippen LogP) is 4.64. The van der Waals surface area contributed by atoms with Crippen molar-refractivity contribution in [1.82, 2.24) is 5.32 Å². The Morgan fingerprint density at radius 2 is 2.26 bits per heavy atom. The molecule has 2 unspecified atom stereocenters. The number of hydrogen-bond donors (Lipinski definition) is 2. The van der Waals surface area contributed by atoms with Crippen LogP contribution in [0.4, 0.5) is 5.69 Å². The third kappa shape index (κ3) is 6.74. The maximum atomic E-state index is 12.1. The normalized spacial score (nSPS) is 18.3. The van der Waals surface area contributed by atoms with Gasteiger partial charge in [-0.25, -0.2) is 0 Å². The van der Waals surface area contributed by atoms with E-state index in [0.717, 1.165) is 37.2 Å². The minimum atomic E-state index is 0. The van der Waals surface area contributed by atoms with E-state index in [0.29, 0.717) is 17.6 Å². The average molecular weight is 357 g/mol. The largest absolute Gasteiger partial charge is 0.326 e. The average Bonchev–Trinajstić information content (AvgIpc) is 3.01. The van der Waals surface area contributed by atoms with Crippen LogP contribution in [0, 0.1) is 12.8 Å². The topological polar surface area (TPSA) is 41.1 Å². The molecule has 5 heteroatoms. The standard InChI is InChI=1S/C18H28N2OS.ClH/c1-4-14(3)22-16-6-7-17(13(2)11-16)20-18(21)8-5-15-9-10-19-12-15;/h6-7,11,14-15,19H,4-5,8-10,12H2,1-3H3,(H,20,21);1H. The Labute approximate surface area is 150 Å². The number of hydrogen-bond acceptors (Lipinski definition) is 3. The van der Waals surface area contributed by atoms with Crippen molar-refractivity contribution in [2.75, 3.05) is 18.4 Å². The molecule has 1 amide bonds. The second-order valence-corrected chi connectivity index (χ2v) is 7.77. The van der Waals surface area contributed by atoms with Crippen molar-refractivity contribution in [2.45, 2.75) is 56.6 Å². The molecular weight excluding hydrogens is 328 g/mol. The van der Waals surface area contributed by atoms with E-state index < -0.39 is 0 Å². The quantitative estimate of drug-likeness (QED) is 0.699. The smallest absolute Gasteiger partial charge is 0.224 e.